The van der Waals surface area contributed by atoms with Crippen LogP contribution in [-0.2, 0) is 6.54 Å². The van der Waals surface area contributed by atoms with Gasteiger partial charge < -0.3 is 4.74 Å². The summed E-state index contributed by atoms with van der Waals surface area (Å²) >= 11 is 0. The number of halogens is 1. The number of nitrogens with zero attached hydrogens (tertiary/aromatic N) is 3. The molecule has 1 aliphatic rings. The monoisotopic (exact) mass is 305 g/mol. The number of aromatic nitrogens is 2. The van der Waals surface area contributed by atoms with E-state index >= 15 is 0 Å². The molecular weight excluding hydrogens is 285 g/mol. The van der Waals surface area contributed by atoms with E-state index in [-0.39, 0.29) is 5.82 Å². The SMILES string of the molecule is Cc1nonc1CN1CCCC(COc2cccc(F)c2)C1. The molecule has 0 spiro atoms. The third-order valence-corrected chi connectivity index (χ3v) is 4.00. The zero-order valence-corrected chi connectivity index (χ0v) is 12.7. The van der Waals surface area contributed by atoms with Gasteiger partial charge in [-0.25, -0.2) is 9.02 Å². The van der Waals surface area contributed by atoms with Gasteiger partial charge in [-0.2, -0.15) is 0 Å². The van der Waals surface area contributed by atoms with Crippen LogP contribution in [0.15, 0.2) is 28.9 Å². The Balaban J connectivity index is 1.51. The molecular formula is C16H20FN3O2. The Labute approximate surface area is 129 Å². The van der Waals surface area contributed by atoms with Crippen molar-refractivity contribution in [1.82, 2.24) is 15.2 Å². The fourth-order valence-corrected chi connectivity index (χ4v) is 2.81. The second-order valence-electron chi connectivity index (χ2n) is 5.81. The normalized spacial score (nSPS) is 19.3. The van der Waals surface area contributed by atoms with E-state index in [1.165, 1.54) is 12.1 Å². The maximum Gasteiger partial charge on any atom is 0.126 e. The lowest BCUT2D eigenvalue weighted by Gasteiger charge is -2.32. The van der Waals surface area contributed by atoms with Gasteiger partial charge >= 0.3 is 0 Å². The van der Waals surface area contributed by atoms with Gasteiger partial charge in [-0.3, -0.25) is 4.90 Å². The van der Waals surface area contributed by atoms with Crippen molar-refractivity contribution in [3.05, 3.63) is 41.5 Å². The highest BCUT2D eigenvalue weighted by molar-refractivity contribution is 5.22. The summed E-state index contributed by atoms with van der Waals surface area (Å²) in [7, 11) is 0. The van der Waals surface area contributed by atoms with E-state index in [4.69, 9.17) is 9.37 Å². The van der Waals surface area contributed by atoms with Crippen molar-refractivity contribution in [3.8, 4) is 5.75 Å². The second kappa shape index (κ2) is 6.87. The van der Waals surface area contributed by atoms with Crippen molar-refractivity contribution in [2.45, 2.75) is 26.3 Å². The summed E-state index contributed by atoms with van der Waals surface area (Å²) in [6.07, 6.45) is 2.25. The number of rotatable bonds is 5. The first-order chi connectivity index (χ1) is 10.7. The van der Waals surface area contributed by atoms with Gasteiger partial charge in [-0.1, -0.05) is 16.4 Å². The van der Waals surface area contributed by atoms with E-state index in [0.717, 1.165) is 43.9 Å². The van der Waals surface area contributed by atoms with Gasteiger partial charge in [0.05, 0.1) is 6.61 Å². The van der Waals surface area contributed by atoms with Crippen LogP contribution in [0.3, 0.4) is 0 Å². The molecule has 1 aromatic carbocycles. The van der Waals surface area contributed by atoms with Gasteiger partial charge in [0.25, 0.3) is 0 Å². The molecule has 1 aliphatic heterocycles. The van der Waals surface area contributed by atoms with E-state index in [0.29, 0.717) is 18.3 Å². The number of hydrogen-bond donors (Lipinski definition) is 0. The fourth-order valence-electron chi connectivity index (χ4n) is 2.81. The van der Waals surface area contributed by atoms with Crippen LogP contribution in [0.5, 0.6) is 5.75 Å². The van der Waals surface area contributed by atoms with Crippen LogP contribution in [0, 0.1) is 18.7 Å². The van der Waals surface area contributed by atoms with E-state index in [1.54, 1.807) is 12.1 Å². The Kier molecular flexibility index (Phi) is 4.68. The lowest BCUT2D eigenvalue weighted by Crippen LogP contribution is -2.37. The lowest BCUT2D eigenvalue weighted by atomic mass is 9.99. The lowest BCUT2D eigenvalue weighted by molar-refractivity contribution is 0.122. The zero-order valence-electron chi connectivity index (χ0n) is 12.7. The van der Waals surface area contributed by atoms with Crippen LogP contribution in [-0.4, -0.2) is 34.9 Å². The number of piperidine rings is 1. The minimum absolute atomic E-state index is 0.267. The van der Waals surface area contributed by atoms with E-state index in [9.17, 15) is 4.39 Å². The molecule has 1 atom stereocenters. The predicted molar refractivity (Wildman–Crippen MR) is 78.9 cm³/mol. The summed E-state index contributed by atoms with van der Waals surface area (Å²) < 4.78 is 23.6. The van der Waals surface area contributed by atoms with Gasteiger partial charge in [-0.05, 0) is 38.4 Å². The molecule has 1 fully saturated rings. The molecule has 6 heteroatoms. The van der Waals surface area contributed by atoms with Gasteiger partial charge in [0.15, 0.2) is 0 Å². The summed E-state index contributed by atoms with van der Waals surface area (Å²) in [5.41, 5.74) is 1.74. The van der Waals surface area contributed by atoms with Crippen LogP contribution in [0.2, 0.25) is 0 Å². The highest BCUT2D eigenvalue weighted by atomic mass is 19.1. The Bertz CT molecular complexity index is 617. The maximum absolute atomic E-state index is 13.1. The van der Waals surface area contributed by atoms with Gasteiger partial charge in [0.1, 0.15) is 23.0 Å². The molecule has 22 heavy (non-hydrogen) atoms. The van der Waals surface area contributed by atoms with Crippen molar-refractivity contribution < 1.29 is 13.8 Å². The van der Waals surface area contributed by atoms with E-state index in [1.807, 2.05) is 6.92 Å². The summed E-state index contributed by atoms with van der Waals surface area (Å²) in [5, 5.41) is 7.75. The Hall–Kier alpha value is -1.95. The number of hydrogen-bond acceptors (Lipinski definition) is 5. The molecule has 2 heterocycles. The summed E-state index contributed by atoms with van der Waals surface area (Å²) in [6.45, 7) is 5.26. The second-order valence-corrected chi connectivity index (χ2v) is 5.81. The standard InChI is InChI=1S/C16H20FN3O2/c1-12-16(19-22-18-12)10-20-7-3-4-13(9-20)11-21-15-6-2-5-14(17)8-15/h2,5-6,8,13H,3-4,7,9-11H2,1H3. The van der Waals surface area contributed by atoms with Gasteiger partial charge in [0.2, 0.25) is 0 Å². The minimum atomic E-state index is -0.267. The molecule has 0 aliphatic carbocycles. The molecule has 0 N–H and O–H groups in total. The molecule has 0 saturated carbocycles. The van der Waals surface area contributed by atoms with E-state index in [2.05, 4.69) is 15.2 Å². The van der Waals surface area contributed by atoms with Crippen molar-refractivity contribution in [2.24, 2.45) is 5.92 Å². The average molecular weight is 305 g/mol. The molecule has 5 nitrogen and oxygen atoms in total. The van der Waals surface area contributed by atoms with Crippen LogP contribution in [0.4, 0.5) is 4.39 Å². The molecule has 0 bridgehead atoms. The largest absolute Gasteiger partial charge is 0.493 e. The fraction of sp³-hybridized carbons (Fsp3) is 0.500. The zero-order chi connectivity index (χ0) is 15.4. The summed E-state index contributed by atoms with van der Waals surface area (Å²) in [6, 6.07) is 6.29. The number of benzene rings is 1. The summed E-state index contributed by atoms with van der Waals surface area (Å²) in [4.78, 5) is 2.34. The van der Waals surface area contributed by atoms with Crippen molar-refractivity contribution in [2.75, 3.05) is 19.7 Å². The Morgan fingerprint density at radius 1 is 1.41 bits per heavy atom. The van der Waals surface area contributed by atoms with Crippen molar-refractivity contribution in [1.29, 1.82) is 0 Å². The van der Waals surface area contributed by atoms with Crippen molar-refractivity contribution in [3.63, 3.8) is 0 Å². The highest BCUT2D eigenvalue weighted by Crippen LogP contribution is 2.21. The molecule has 1 saturated heterocycles. The van der Waals surface area contributed by atoms with Gasteiger partial charge in [0, 0.05) is 25.1 Å². The third-order valence-electron chi connectivity index (χ3n) is 4.00. The predicted octanol–water partition coefficient (Wildman–Crippen LogP) is 2.81. The first-order valence-electron chi connectivity index (χ1n) is 7.59. The summed E-state index contributed by atoms with van der Waals surface area (Å²) in [5.74, 6) is 0.766. The number of aryl methyl sites for hydroxylation is 1. The molecule has 1 aromatic heterocycles. The van der Waals surface area contributed by atoms with Crippen LogP contribution >= 0.6 is 0 Å². The molecule has 0 amide bonds. The number of likely N-dealkylation sites (tertiary alicyclic amines) is 1. The average Bonchev–Trinajstić information content (AvgIpc) is 2.91. The van der Waals surface area contributed by atoms with Crippen LogP contribution < -0.4 is 4.74 Å². The first kappa shape index (κ1) is 15.0. The Morgan fingerprint density at radius 3 is 3.09 bits per heavy atom. The highest BCUT2D eigenvalue weighted by Gasteiger charge is 2.22. The van der Waals surface area contributed by atoms with E-state index < -0.39 is 0 Å². The van der Waals surface area contributed by atoms with Crippen molar-refractivity contribution >= 4 is 0 Å². The van der Waals surface area contributed by atoms with Gasteiger partial charge in [-0.15, -0.1) is 0 Å². The molecule has 3 rings (SSSR count). The third kappa shape index (κ3) is 3.82. The molecule has 0 radical (unpaired) electrons. The Morgan fingerprint density at radius 2 is 2.32 bits per heavy atom. The maximum atomic E-state index is 13.1. The number of ether oxygens (including phenoxy) is 1. The quantitative estimate of drug-likeness (QED) is 0.850. The first-order valence-corrected chi connectivity index (χ1v) is 7.59. The smallest absolute Gasteiger partial charge is 0.126 e. The molecule has 1 unspecified atom stereocenters. The minimum Gasteiger partial charge on any atom is -0.493 e. The van der Waals surface area contributed by atoms with Crippen LogP contribution in [0.25, 0.3) is 0 Å². The van der Waals surface area contributed by atoms with Crippen LogP contribution in [0.1, 0.15) is 24.2 Å². The molecule has 118 valence electrons. The topological polar surface area (TPSA) is 51.4 Å². The molecule has 2 aromatic rings.